The van der Waals surface area contributed by atoms with Crippen LogP contribution in [0.15, 0.2) is 12.7 Å². The molecule has 0 radical (unpaired) electrons. The zero-order valence-corrected chi connectivity index (χ0v) is 11.1. The molecule has 96 valence electrons. The van der Waals surface area contributed by atoms with E-state index in [-0.39, 0.29) is 17.9 Å². The molecule has 1 fully saturated rings. The summed E-state index contributed by atoms with van der Waals surface area (Å²) in [5, 5.41) is 2.76. The molecule has 2 amide bonds. The molecule has 1 unspecified atom stereocenters. The van der Waals surface area contributed by atoms with Gasteiger partial charge in [0.2, 0.25) is 11.8 Å². The van der Waals surface area contributed by atoms with Gasteiger partial charge in [-0.1, -0.05) is 13.0 Å². The first-order valence-electron chi connectivity index (χ1n) is 5.95. The van der Waals surface area contributed by atoms with E-state index in [2.05, 4.69) is 11.9 Å². The number of carbonyl (C=O) groups is 2. The Morgan fingerprint density at radius 3 is 3.00 bits per heavy atom. The number of hydrogen-bond donors (Lipinski definition) is 1. The first-order valence-corrected chi connectivity index (χ1v) is 7.11. The van der Waals surface area contributed by atoms with Gasteiger partial charge in [0.1, 0.15) is 6.04 Å². The van der Waals surface area contributed by atoms with Gasteiger partial charge in [-0.25, -0.2) is 0 Å². The standard InChI is InChI=1S/C12H20N2O2S/c1-3-8-17-9-7-14-6-5-11(15)13-10(4-2)12(14)16/h3,10H,1,4-9H2,2H3,(H,13,15). The highest BCUT2D eigenvalue weighted by Gasteiger charge is 2.27. The SMILES string of the molecule is C=CCSCCN1CCC(=O)NC(CC)C1=O. The highest BCUT2D eigenvalue weighted by atomic mass is 32.2. The van der Waals surface area contributed by atoms with Crippen molar-refractivity contribution in [3.63, 3.8) is 0 Å². The van der Waals surface area contributed by atoms with Crippen molar-refractivity contribution in [2.75, 3.05) is 24.6 Å². The minimum atomic E-state index is -0.339. The van der Waals surface area contributed by atoms with E-state index in [0.717, 1.165) is 11.5 Å². The van der Waals surface area contributed by atoms with Gasteiger partial charge in [-0.05, 0) is 6.42 Å². The number of thioether (sulfide) groups is 1. The van der Waals surface area contributed by atoms with Gasteiger partial charge in [-0.2, -0.15) is 11.8 Å². The van der Waals surface area contributed by atoms with Crippen LogP contribution in [0.25, 0.3) is 0 Å². The monoisotopic (exact) mass is 256 g/mol. The van der Waals surface area contributed by atoms with Crippen LogP contribution >= 0.6 is 11.8 Å². The van der Waals surface area contributed by atoms with Crippen molar-refractivity contribution < 1.29 is 9.59 Å². The Kier molecular flexibility index (Phi) is 6.11. The van der Waals surface area contributed by atoms with Crippen molar-refractivity contribution in [1.82, 2.24) is 10.2 Å². The molecule has 0 aromatic rings. The third kappa shape index (κ3) is 4.42. The largest absolute Gasteiger partial charge is 0.344 e. The fourth-order valence-electron chi connectivity index (χ4n) is 1.74. The van der Waals surface area contributed by atoms with Crippen LogP contribution in [0.4, 0.5) is 0 Å². The van der Waals surface area contributed by atoms with Gasteiger partial charge in [-0.3, -0.25) is 9.59 Å². The quantitative estimate of drug-likeness (QED) is 0.570. The Morgan fingerprint density at radius 1 is 1.59 bits per heavy atom. The average Bonchev–Trinajstić information content (AvgIpc) is 2.46. The summed E-state index contributed by atoms with van der Waals surface area (Å²) in [7, 11) is 0. The van der Waals surface area contributed by atoms with Crippen LogP contribution in [-0.2, 0) is 9.59 Å². The number of rotatable bonds is 6. The lowest BCUT2D eigenvalue weighted by molar-refractivity contribution is -0.133. The summed E-state index contributed by atoms with van der Waals surface area (Å²) in [6.45, 7) is 6.82. The van der Waals surface area contributed by atoms with Crippen molar-refractivity contribution in [2.45, 2.75) is 25.8 Å². The normalized spacial score (nSPS) is 21.0. The summed E-state index contributed by atoms with van der Waals surface area (Å²) in [5.74, 6) is 1.82. The molecular formula is C12H20N2O2S. The molecule has 1 heterocycles. The van der Waals surface area contributed by atoms with Crippen molar-refractivity contribution in [2.24, 2.45) is 0 Å². The molecule has 1 atom stereocenters. The van der Waals surface area contributed by atoms with E-state index in [4.69, 9.17) is 0 Å². The van der Waals surface area contributed by atoms with Crippen LogP contribution in [0, 0.1) is 0 Å². The van der Waals surface area contributed by atoms with Gasteiger partial charge < -0.3 is 10.2 Å². The molecule has 1 aliphatic rings. The van der Waals surface area contributed by atoms with E-state index in [1.807, 2.05) is 13.0 Å². The maximum atomic E-state index is 12.1. The summed E-state index contributed by atoms with van der Waals surface area (Å²) in [5.41, 5.74) is 0. The highest BCUT2D eigenvalue weighted by Crippen LogP contribution is 2.08. The van der Waals surface area contributed by atoms with E-state index >= 15 is 0 Å². The van der Waals surface area contributed by atoms with Gasteiger partial charge in [0.25, 0.3) is 0 Å². The maximum Gasteiger partial charge on any atom is 0.245 e. The molecule has 5 heteroatoms. The van der Waals surface area contributed by atoms with E-state index in [9.17, 15) is 9.59 Å². The van der Waals surface area contributed by atoms with Crippen molar-refractivity contribution in [1.29, 1.82) is 0 Å². The van der Waals surface area contributed by atoms with E-state index in [1.165, 1.54) is 0 Å². The summed E-state index contributed by atoms with van der Waals surface area (Å²) >= 11 is 1.75. The van der Waals surface area contributed by atoms with E-state index < -0.39 is 0 Å². The second kappa shape index (κ2) is 7.37. The van der Waals surface area contributed by atoms with Gasteiger partial charge >= 0.3 is 0 Å². The second-order valence-electron chi connectivity index (χ2n) is 3.97. The molecule has 0 spiro atoms. The van der Waals surface area contributed by atoms with E-state index in [1.54, 1.807) is 16.7 Å². The number of amides is 2. The minimum Gasteiger partial charge on any atom is -0.344 e. The highest BCUT2D eigenvalue weighted by molar-refractivity contribution is 7.99. The van der Waals surface area contributed by atoms with Crippen LogP contribution in [0.5, 0.6) is 0 Å². The first kappa shape index (κ1) is 14.1. The molecule has 0 aliphatic carbocycles. The lowest BCUT2D eigenvalue weighted by Crippen LogP contribution is -2.44. The number of carbonyl (C=O) groups excluding carboxylic acids is 2. The predicted octanol–water partition coefficient (Wildman–Crippen LogP) is 1.03. The Hall–Kier alpha value is -0.970. The molecule has 1 saturated heterocycles. The predicted molar refractivity (Wildman–Crippen MR) is 70.9 cm³/mol. The van der Waals surface area contributed by atoms with Gasteiger partial charge in [0.05, 0.1) is 0 Å². The zero-order chi connectivity index (χ0) is 12.7. The molecule has 0 aromatic heterocycles. The van der Waals surface area contributed by atoms with E-state index in [0.29, 0.717) is 25.9 Å². The second-order valence-corrected chi connectivity index (χ2v) is 5.12. The number of nitrogens with one attached hydrogen (secondary N) is 1. The summed E-state index contributed by atoms with van der Waals surface area (Å²) in [6, 6.07) is -0.339. The van der Waals surface area contributed by atoms with Crippen LogP contribution in [0.2, 0.25) is 0 Å². The zero-order valence-electron chi connectivity index (χ0n) is 10.3. The summed E-state index contributed by atoms with van der Waals surface area (Å²) in [6.07, 6.45) is 2.92. The number of nitrogens with zero attached hydrogens (tertiary/aromatic N) is 1. The van der Waals surface area contributed by atoms with Gasteiger partial charge in [-0.15, -0.1) is 6.58 Å². The molecule has 17 heavy (non-hydrogen) atoms. The Labute approximate surface area is 107 Å². The molecule has 0 saturated carbocycles. The summed E-state index contributed by atoms with van der Waals surface area (Å²) in [4.78, 5) is 25.3. The lowest BCUT2D eigenvalue weighted by Gasteiger charge is -2.23. The molecule has 1 N–H and O–H groups in total. The third-order valence-corrected chi connectivity index (χ3v) is 3.65. The lowest BCUT2D eigenvalue weighted by atomic mass is 10.2. The topological polar surface area (TPSA) is 49.4 Å². The Bertz CT molecular complexity index is 294. The minimum absolute atomic E-state index is 0.0218. The molecule has 0 bridgehead atoms. The molecule has 1 aliphatic heterocycles. The van der Waals surface area contributed by atoms with Crippen molar-refractivity contribution >= 4 is 23.6 Å². The van der Waals surface area contributed by atoms with Gasteiger partial charge in [0.15, 0.2) is 0 Å². The first-order chi connectivity index (χ1) is 8.19. The van der Waals surface area contributed by atoms with Crippen LogP contribution in [0.3, 0.4) is 0 Å². The van der Waals surface area contributed by atoms with Crippen LogP contribution in [0.1, 0.15) is 19.8 Å². The molecule has 1 rings (SSSR count). The Morgan fingerprint density at radius 2 is 2.35 bits per heavy atom. The molecule has 4 nitrogen and oxygen atoms in total. The summed E-state index contributed by atoms with van der Waals surface area (Å²) < 4.78 is 0. The van der Waals surface area contributed by atoms with Gasteiger partial charge in [0, 0.05) is 31.0 Å². The average molecular weight is 256 g/mol. The molecule has 0 aromatic carbocycles. The van der Waals surface area contributed by atoms with Crippen molar-refractivity contribution in [3.8, 4) is 0 Å². The Balaban J connectivity index is 2.48. The smallest absolute Gasteiger partial charge is 0.245 e. The fraction of sp³-hybridized carbons (Fsp3) is 0.667. The molecular weight excluding hydrogens is 236 g/mol. The fourth-order valence-corrected chi connectivity index (χ4v) is 2.42. The third-order valence-electron chi connectivity index (χ3n) is 2.70. The number of hydrogen-bond acceptors (Lipinski definition) is 3. The van der Waals surface area contributed by atoms with Crippen LogP contribution < -0.4 is 5.32 Å². The maximum absolute atomic E-state index is 12.1. The van der Waals surface area contributed by atoms with Crippen LogP contribution in [-0.4, -0.2) is 47.4 Å². The van der Waals surface area contributed by atoms with Crippen molar-refractivity contribution in [3.05, 3.63) is 12.7 Å².